The lowest BCUT2D eigenvalue weighted by Crippen LogP contribution is -2.39. The van der Waals surface area contributed by atoms with Gasteiger partial charge in [0.15, 0.2) is 0 Å². The van der Waals surface area contributed by atoms with Crippen molar-refractivity contribution in [3.8, 4) is 11.5 Å². The molecule has 2 amide bonds. The third kappa shape index (κ3) is 12.8. The number of aliphatic imine (C=N–C) groups is 1. The van der Waals surface area contributed by atoms with Crippen LogP contribution in [0, 0.1) is 0 Å². The summed E-state index contributed by atoms with van der Waals surface area (Å²) in [6.45, 7) is 2.10. The zero-order chi connectivity index (χ0) is 33.7. The molecule has 1 aliphatic heterocycles. The summed E-state index contributed by atoms with van der Waals surface area (Å²) >= 11 is 9.30. The van der Waals surface area contributed by atoms with Gasteiger partial charge in [-0.2, -0.15) is 13.2 Å². The zero-order valence-electron chi connectivity index (χ0n) is 23.8. The number of aliphatic carboxylic acids is 1. The molecule has 17 heteroatoms. The summed E-state index contributed by atoms with van der Waals surface area (Å²) in [5, 5.41) is 36.3. The smallest absolute Gasteiger partial charge is 0.490 e. The number of hydrogen-bond acceptors (Lipinski definition) is 9. The average molecular weight is 724 g/mol. The van der Waals surface area contributed by atoms with E-state index in [-0.39, 0.29) is 40.7 Å². The molecule has 0 spiro atoms. The van der Waals surface area contributed by atoms with E-state index in [1.54, 1.807) is 13.0 Å². The van der Waals surface area contributed by atoms with E-state index in [2.05, 4.69) is 36.9 Å². The van der Waals surface area contributed by atoms with Crippen molar-refractivity contribution in [2.45, 2.75) is 51.2 Å². The lowest BCUT2D eigenvalue weighted by Gasteiger charge is -2.20. The average Bonchev–Trinajstić information content (AvgIpc) is 3.21. The molecular weight excluding hydrogens is 693 g/mol. The molecule has 0 saturated carbocycles. The second kappa shape index (κ2) is 17.4. The molecule has 1 atom stereocenters. The van der Waals surface area contributed by atoms with Crippen LogP contribution in [-0.4, -0.2) is 70.8 Å². The van der Waals surface area contributed by atoms with E-state index in [9.17, 15) is 37.8 Å². The Morgan fingerprint density at radius 1 is 1.09 bits per heavy atom. The summed E-state index contributed by atoms with van der Waals surface area (Å²) in [5.41, 5.74) is 0.869. The van der Waals surface area contributed by atoms with Gasteiger partial charge < -0.3 is 36.0 Å². The molecule has 45 heavy (non-hydrogen) atoms. The molecule has 1 heterocycles. The third-order valence-electron chi connectivity index (χ3n) is 5.94. The van der Waals surface area contributed by atoms with Crippen LogP contribution in [0.3, 0.4) is 0 Å². The van der Waals surface area contributed by atoms with Crippen molar-refractivity contribution >= 4 is 62.8 Å². The standard InChI is InChI=1S/C26H30BrClN4O6.C2HF3O2/c1-2-38-24(35)13-21(19-10-16(28)11-20(27)25(19)36)32-23(34)14-30-26(37)15-8-17(12-18(33)9-15)31-22-6-4-3-5-7-29-22;3-2(4,5)1(6)7/h8-12,21,33,36H,2-7,13-14H2,1H3,(H,29,31)(H,30,37)(H,32,34);(H,6,7)/t21-;/m1./s1. The third-order valence-corrected chi connectivity index (χ3v) is 6.76. The molecule has 6 N–H and O–H groups in total. The number of carbonyl (C=O) groups is 4. The molecule has 0 fully saturated rings. The summed E-state index contributed by atoms with van der Waals surface area (Å²) in [5.74, 6) is -4.06. The molecule has 3 rings (SSSR count). The number of amidine groups is 1. The number of amides is 2. The molecule has 12 nitrogen and oxygen atoms in total. The Balaban J connectivity index is 0.000000900. The highest BCUT2D eigenvalue weighted by Crippen LogP contribution is 2.36. The molecular formula is C28H31BrClF3N4O8. The predicted octanol–water partition coefficient (Wildman–Crippen LogP) is 5.07. The van der Waals surface area contributed by atoms with Crippen LogP contribution >= 0.6 is 27.5 Å². The SMILES string of the molecule is CCOC(=O)C[C@@H](NC(=O)CNC(=O)c1cc(O)cc(NC2=NCCCCC2)c1)c1cc(Cl)cc(Br)c1O.O=C(O)C(F)(F)F. The van der Waals surface area contributed by atoms with Gasteiger partial charge in [0.05, 0.1) is 30.1 Å². The number of phenols is 2. The number of anilines is 1. The van der Waals surface area contributed by atoms with Crippen LogP contribution in [0.2, 0.25) is 5.02 Å². The minimum absolute atomic E-state index is 0.115. The summed E-state index contributed by atoms with van der Waals surface area (Å²) in [7, 11) is 0. The Bertz CT molecular complexity index is 1420. The van der Waals surface area contributed by atoms with Gasteiger partial charge in [0.1, 0.15) is 17.3 Å². The molecule has 0 aromatic heterocycles. The Morgan fingerprint density at radius 2 is 1.78 bits per heavy atom. The van der Waals surface area contributed by atoms with Gasteiger partial charge in [-0.25, -0.2) is 4.79 Å². The topological polar surface area (TPSA) is 187 Å². The Morgan fingerprint density at radius 3 is 2.42 bits per heavy atom. The summed E-state index contributed by atoms with van der Waals surface area (Å²) < 4.78 is 37.0. The van der Waals surface area contributed by atoms with E-state index >= 15 is 0 Å². The number of aromatic hydroxyl groups is 2. The molecule has 0 unspecified atom stereocenters. The van der Waals surface area contributed by atoms with Gasteiger partial charge >= 0.3 is 18.1 Å². The number of esters is 1. The highest BCUT2D eigenvalue weighted by atomic mass is 79.9. The molecule has 2 aromatic rings. The van der Waals surface area contributed by atoms with Crippen LogP contribution in [0.1, 0.15) is 61.0 Å². The first kappa shape index (κ1) is 37.1. The minimum Gasteiger partial charge on any atom is -0.508 e. The highest BCUT2D eigenvalue weighted by molar-refractivity contribution is 9.10. The Hall–Kier alpha value is -4.05. The molecule has 0 saturated heterocycles. The number of benzene rings is 2. The van der Waals surface area contributed by atoms with Gasteiger partial charge in [-0.3, -0.25) is 19.4 Å². The number of nitrogens with one attached hydrogen (secondary N) is 3. The van der Waals surface area contributed by atoms with Gasteiger partial charge in [-0.05, 0) is 60.0 Å². The molecule has 1 aliphatic rings. The number of carboxylic acid groups (broad SMARTS) is 1. The number of alkyl halides is 3. The normalized spacial score (nSPS) is 13.6. The van der Waals surface area contributed by atoms with Gasteiger partial charge in [0.25, 0.3) is 5.91 Å². The van der Waals surface area contributed by atoms with Crippen molar-refractivity contribution in [3.63, 3.8) is 0 Å². The van der Waals surface area contributed by atoms with Crippen LogP contribution in [-0.2, 0) is 19.1 Å². The van der Waals surface area contributed by atoms with Crippen molar-refractivity contribution < 1.29 is 52.4 Å². The Labute approximate surface area is 269 Å². The van der Waals surface area contributed by atoms with Gasteiger partial charge in [-0.1, -0.05) is 18.0 Å². The number of halogens is 5. The number of phenolic OH excluding ortho intramolecular Hbond substituents is 2. The maximum absolute atomic E-state index is 12.8. The van der Waals surface area contributed by atoms with Crippen LogP contribution in [0.5, 0.6) is 11.5 Å². The molecule has 0 radical (unpaired) electrons. The van der Waals surface area contributed by atoms with Crippen LogP contribution in [0.25, 0.3) is 0 Å². The number of nitrogens with zero attached hydrogens (tertiary/aromatic N) is 1. The summed E-state index contributed by atoms with van der Waals surface area (Å²) in [6.07, 6.45) is -1.44. The lowest BCUT2D eigenvalue weighted by atomic mass is 10.0. The van der Waals surface area contributed by atoms with Crippen LogP contribution < -0.4 is 16.0 Å². The highest BCUT2D eigenvalue weighted by Gasteiger charge is 2.38. The fourth-order valence-corrected chi connectivity index (χ4v) is 4.78. The fourth-order valence-electron chi connectivity index (χ4n) is 3.94. The largest absolute Gasteiger partial charge is 0.508 e. The van der Waals surface area contributed by atoms with Crippen molar-refractivity contribution in [2.24, 2.45) is 4.99 Å². The van der Waals surface area contributed by atoms with Crippen molar-refractivity contribution in [2.75, 3.05) is 25.0 Å². The van der Waals surface area contributed by atoms with Crippen molar-refractivity contribution in [1.29, 1.82) is 0 Å². The first-order valence-corrected chi connectivity index (χ1v) is 14.6. The van der Waals surface area contributed by atoms with Crippen molar-refractivity contribution in [3.05, 3.63) is 51.0 Å². The Kier molecular flexibility index (Phi) is 14.4. The summed E-state index contributed by atoms with van der Waals surface area (Å²) in [6, 6.07) is 6.29. The maximum Gasteiger partial charge on any atom is 0.490 e. The fraction of sp³-hybridized carbons (Fsp3) is 0.393. The molecule has 2 aromatic carbocycles. The molecule has 0 aliphatic carbocycles. The zero-order valence-corrected chi connectivity index (χ0v) is 26.2. The minimum atomic E-state index is -5.08. The van der Waals surface area contributed by atoms with Gasteiger partial charge in [-0.15, -0.1) is 0 Å². The first-order valence-electron chi connectivity index (χ1n) is 13.5. The second-order valence-corrected chi connectivity index (χ2v) is 10.8. The van der Waals surface area contributed by atoms with Crippen molar-refractivity contribution in [1.82, 2.24) is 10.6 Å². The number of carbonyl (C=O) groups excluding carboxylic acids is 3. The number of ether oxygens (including phenoxy) is 1. The number of hydrogen-bond donors (Lipinski definition) is 6. The number of rotatable bonds is 9. The quantitative estimate of drug-likeness (QED) is 0.192. The lowest BCUT2D eigenvalue weighted by molar-refractivity contribution is -0.192. The van der Waals surface area contributed by atoms with E-state index in [1.807, 2.05) is 0 Å². The van der Waals surface area contributed by atoms with E-state index < -0.39 is 42.5 Å². The van der Waals surface area contributed by atoms with E-state index in [0.29, 0.717) is 10.2 Å². The summed E-state index contributed by atoms with van der Waals surface area (Å²) in [4.78, 5) is 51.0. The van der Waals surface area contributed by atoms with E-state index in [1.165, 1.54) is 24.3 Å². The van der Waals surface area contributed by atoms with Crippen LogP contribution in [0.4, 0.5) is 18.9 Å². The van der Waals surface area contributed by atoms with Gasteiger partial charge in [0, 0.05) is 40.9 Å². The maximum atomic E-state index is 12.8. The monoisotopic (exact) mass is 722 g/mol. The predicted molar refractivity (Wildman–Crippen MR) is 161 cm³/mol. The van der Waals surface area contributed by atoms with Crippen LogP contribution in [0.15, 0.2) is 39.8 Å². The van der Waals surface area contributed by atoms with E-state index in [4.69, 9.17) is 26.2 Å². The molecule has 246 valence electrons. The molecule has 0 bridgehead atoms. The van der Waals surface area contributed by atoms with Gasteiger partial charge in [0.2, 0.25) is 5.91 Å². The second-order valence-electron chi connectivity index (χ2n) is 9.47. The number of carboxylic acids is 1. The van der Waals surface area contributed by atoms with E-state index in [0.717, 1.165) is 38.1 Å². The first-order chi connectivity index (χ1) is 21.1.